The lowest BCUT2D eigenvalue weighted by Gasteiger charge is -2.09. The van der Waals surface area contributed by atoms with E-state index in [-0.39, 0.29) is 0 Å². The lowest BCUT2D eigenvalue weighted by Crippen LogP contribution is -2.01. The number of anilines is 1. The van der Waals surface area contributed by atoms with E-state index in [1.54, 1.807) is 7.11 Å². The number of pyridine rings is 1. The molecule has 116 valence electrons. The molecule has 3 aromatic rings. The molecule has 4 heteroatoms. The van der Waals surface area contributed by atoms with Gasteiger partial charge in [0.1, 0.15) is 11.3 Å². The first kappa shape index (κ1) is 15.0. The van der Waals surface area contributed by atoms with E-state index < -0.39 is 0 Å². The molecule has 0 atom stereocenters. The Kier molecular flexibility index (Phi) is 4.52. The van der Waals surface area contributed by atoms with Crippen molar-refractivity contribution < 1.29 is 9.53 Å². The molecular weight excluding hydrogens is 288 g/mol. The van der Waals surface area contributed by atoms with Crippen molar-refractivity contribution in [3.8, 4) is 5.75 Å². The first-order valence-electron chi connectivity index (χ1n) is 7.52. The van der Waals surface area contributed by atoms with Crippen LogP contribution in [0.15, 0.2) is 54.6 Å². The van der Waals surface area contributed by atoms with Crippen LogP contribution in [-0.4, -0.2) is 18.5 Å². The lowest BCUT2D eigenvalue weighted by atomic mass is 10.0. The van der Waals surface area contributed by atoms with Crippen LogP contribution >= 0.6 is 0 Å². The number of aromatic nitrogens is 1. The van der Waals surface area contributed by atoms with Gasteiger partial charge in [0.25, 0.3) is 0 Å². The number of carbonyl (C=O) groups excluding carboxylic acids is 1. The predicted octanol–water partition coefficient (Wildman–Crippen LogP) is 3.60. The molecule has 2 aromatic carbocycles. The molecule has 0 bridgehead atoms. The fourth-order valence-electron chi connectivity index (χ4n) is 2.67. The van der Waals surface area contributed by atoms with Gasteiger partial charge in [-0.1, -0.05) is 36.4 Å². The Labute approximate surface area is 135 Å². The molecule has 4 nitrogen and oxygen atoms in total. The predicted molar refractivity (Wildman–Crippen MR) is 91.8 cm³/mol. The number of methoxy groups -OCH3 is 1. The molecule has 1 N–H and O–H groups in total. The van der Waals surface area contributed by atoms with Crippen LogP contribution in [0, 0.1) is 0 Å². The first-order chi connectivity index (χ1) is 11.3. The normalized spacial score (nSPS) is 10.5. The molecule has 0 fully saturated rings. The summed E-state index contributed by atoms with van der Waals surface area (Å²) in [5.41, 5.74) is 3.83. The Hall–Kier alpha value is -2.88. The lowest BCUT2D eigenvalue weighted by molar-refractivity contribution is -0.105. The zero-order valence-electron chi connectivity index (χ0n) is 13.0. The Balaban J connectivity index is 1.84. The number of carbonyl (C=O) groups is 1. The number of amides is 1. The van der Waals surface area contributed by atoms with E-state index in [1.165, 1.54) is 0 Å². The van der Waals surface area contributed by atoms with E-state index in [9.17, 15) is 4.79 Å². The van der Waals surface area contributed by atoms with Crippen molar-refractivity contribution in [3.05, 3.63) is 65.9 Å². The molecular formula is C19H18N2O2. The third kappa shape index (κ3) is 3.31. The molecule has 0 aliphatic rings. The topological polar surface area (TPSA) is 51.2 Å². The summed E-state index contributed by atoms with van der Waals surface area (Å²) in [6.45, 7) is 0. The summed E-state index contributed by atoms with van der Waals surface area (Å²) in [5, 5.41) is 3.81. The summed E-state index contributed by atoms with van der Waals surface area (Å²) in [4.78, 5) is 15.4. The number of hydrogen-bond donors (Lipinski definition) is 1. The zero-order valence-corrected chi connectivity index (χ0v) is 13.0. The maximum absolute atomic E-state index is 10.7. The van der Waals surface area contributed by atoms with Crippen LogP contribution in [0.2, 0.25) is 0 Å². The van der Waals surface area contributed by atoms with Gasteiger partial charge in [-0.15, -0.1) is 0 Å². The van der Waals surface area contributed by atoms with E-state index in [0.29, 0.717) is 6.41 Å². The third-order valence-corrected chi connectivity index (χ3v) is 3.84. The molecule has 0 radical (unpaired) electrons. The Morgan fingerprint density at radius 1 is 1.04 bits per heavy atom. The number of rotatable bonds is 6. The van der Waals surface area contributed by atoms with Crippen molar-refractivity contribution in [3.63, 3.8) is 0 Å². The highest BCUT2D eigenvalue weighted by molar-refractivity contribution is 5.84. The summed E-state index contributed by atoms with van der Waals surface area (Å²) >= 11 is 0. The second-order valence-corrected chi connectivity index (χ2v) is 5.25. The van der Waals surface area contributed by atoms with Gasteiger partial charge < -0.3 is 10.1 Å². The van der Waals surface area contributed by atoms with Gasteiger partial charge in [0.15, 0.2) is 0 Å². The first-order valence-corrected chi connectivity index (χ1v) is 7.52. The molecule has 1 aromatic heterocycles. The van der Waals surface area contributed by atoms with Gasteiger partial charge in [0.2, 0.25) is 6.41 Å². The van der Waals surface area contributed by atoms with E-state index in [4.69, 9.17) is 9.72 Å². The van der Waals surface area contributed by atoms with Crippen LogP contribution < -0.4 is 10.1 Å². The Morgan fingerprint density at radius 2 is 1.91 bits per heavy atom. The number of aryl methyl sites for hydroxylation is 2. The van der Waals surface area contributed by atoms with Gasteiger partial charge in [-0.25, -0.2) is 4.98 Å². The van der Waals surface area contributed by atoms with Crippen molar-refractivity contribution in [2.24, 2.45) is 0 Å². The molecule has 0 saturated carbocycles. The molecule has 0 aliphatic carbocycles. The number of nitrogens with one attached hydrogen (secondary N) is 1. The molecule has 1 heterocycles. The highest BCUT2D eigenvalue weighted by atomic mass is 16.5. The molecule has 0 unspecified atom stereocenters. The highest BCUT2D eigenvalue weighted by Gasteiger charge is 2.06. The number of para-hydroxylation sites is 2. The third-order valence-electron chi connectivity index (χ3n) is 3.84. The van der Waals surface area contributed by atoms with E-state index in [2.05, 4.69) is 11.4 Å². The summed E-state index contributed by atoms with van der Waals surface area (Å²) in [6.07, 6.45) is 2.31. The SMILES string of the molecule is COc1cccc2ccc(CCc3ccccc3NC=O)nc12. The number of hydrogen-bond acceptors (Lipinski definition) is 3. The van der Waals surface area contributed by atoms with Gasteiger partial charge in [-0.05, 0) is 36.6 Å². The molecule has 0 aliphatic heterocycles. The smallest absolute Gasteiger partial charge is 0.211 e. The second kappa shape index (κ2) is 6.92. The minimum Gasteiger partial charge on any atom is -0.494 e. The summed E-state index contributed by atoms with van der Waals surface area (Å²) in [5.74, 6) is 0.785. The van der Waals surface area contributed by atoms with Gasteiger partial charge >= 0.3 is 0 Å². The maximum Gasteiger partial charge on any atom is 0.211 e. The van der Waals surface area contributed by atoms with E-state index >= 15 is 0 Å². The van der Waals surface area contributed by atoms with Crippen molar-refractivity contribution in [2.75, 3.05) is 12.4 Å². The second-order valence-electron chi connectivity index (χ2n) is 5.25. The average molecular weight is 306 g/mol. The van der Waals surface area contributed by atoms with Crippen molar-refractivity contribution in [1.82, 2.24) is 4.98 Å². The molecule has 3 rings (SSSR count). The van der Waals surface area contributed by atoms with Crippen LogP contribution in [0.1, 0.15) is 11.3 Å². The standard InChI is InChI=1S/C19H18N2O2/c1-23-18-8-4-6-15-10-12-16(21-19(15)18)11-9-14-5-2-3-7-17(14)20-13-22/h2-8,10,12-13H,9,11H2,1H3,(H,20,22). The van der Waals surface area contributed by atoms with Crippen LogP contribution in [0.25, 0.3) is 10.9 Å². The number of fused-ring (bicyclic) bond motifs is 1. The number of ether oxygens (including phenoxy) is 1. The van der Waals surface area contributed by atoms with Gasteiger partial charge in [0.05, 0.1) is 7.11 Å². The fourth-order valence-corrected chi connectivity index (χ4v) is 2.67. The van der Waals surface area contributed by atoms with Gasteiger partial charge in [0, 0.05) is 16.8 Å². The number of nitrogens with zero attached hydrogens (tertiary/aromatic N) is 1. The van der Waals surface area contributed by atoms with Crippen molar-refractivity contribution in [1.29, 1.82) is 0 Å². The van der Waals surface area contributed by atoms with Crippen LogP contribution in [0.4, 0.5) is 5.69 Å². The van der Waals surface area contributed by atoms with E-state index in [0.717, 1.165) is 46.4 Å². The highest BCUT2D eigenvalue weighted by Crippen LogP contribution is 2.24. The van der Waals surface area contributed by atoms with Gasteiger partial charge in [-0.2, -0.15) is 0 Å². The molecule has 0 spiro atoms. The Morgan fingerprint density at radius 3 is 2.74 bits per heavy atom. The molecule has 0 saturated heterocycles. The summed E-state index contributed by atoms with van der Waals surface area (Å²) in [6, 6.07) is 17.8. The van der Waals surface area contributed by atoms with Gasteiger partial charge in [-0.3, -0.25) is 4.79 Å². The van der Waals surface area contributed by atoms with Crippen LogP contribution in [0.3, 0.4) is 0 Å². The summed E-state index contributed by atoms with van der Waals surface area (Å²) < 4.78 is 5.38. The van der Waals surface area contributed by atoms with E-state index in [1.807, 2.05) is 48.5 Å². The molecule has 1 amide bonds. The average Bonchev–Trinajstić information content (AvgIpc) is 2.60. The largest absolute Gasteiger partial charge is 0.494 e. The van der Waals surface area contributed by atoms with Crippen molar-refractivity contribution >= 4 is 23.0 Å². The minimum atomic E-state index is 0.706. The van der Waals surface area contributed by atoms with Crippen LogP contribution in [0.5, 0.6) is 5.75 Å². The minimum absolute atomic E-state index is 0.706. The monoisotopic (exact) mass is 306 g/mol. The van der Waals surface area contributed by atoms with Crippen LogP contribution in [-0.2, 0) is 17.6 Å². The number of benzene rings is 2. The summed E-state index contributed by atoms with van der Waals surface area (Å²) in [7, 11) is 1.66. The zero-order chi connectivity index (χ0) is 16.1. The quantitative estimate of drug-likeness (QED) is 0.708. The maximum atomic E-state index is 10.7. The van der Waals surface area contributed by atoms with Crippen molar-refractivity contribution in [2.45, 2.75) is 12.8 Å². The fraction of sp³-hybridized carbons (Fsp3) is 0.158. The molecule has 23 heavy (non-hydrogen) atoms. The Bertz CT molecular complexity index is 830.